The van der Waals surface area contributed by atoms with Crippen LogP contribution in [0.1, 0.15) is 46.2 Å². The van der Waals surface area contributed by atoms with Crippen molar-refractivity contribution in [1.82, 2.24) is 0 Å². The summed E-state index contributed by atoms with van der Waals surface area (Å²) in [6, 6.07) is 13.7. The summed E-state index contributed by atoms with van der Waals surface area (Å²) in [6.45, 7) is 0. The molecule has 0 N–H and O–H groups in total. The second-order valence-corrected chi connectivity index (χ2v) is 8.60. The van der Waals surface area contributed by atoms with E-state index in [4.69, 9.17) is 4.74 Å². The van der Waals surface area contributed by atoms with Gasteiger partial charge in [-0.25, -0.2) is 0 Å². The second kappa shape index (κ2) is 5.91. The highest BCUT2D eigenvalue weighted by Crippen LogP contribution is 2.51. The Morgan fingerprint density at radius 3 is 2.18 bits per heavy atom. The van der Waals surface area contributed by atoms with Gasteiger partial charge in [0.15, 0.2) is 0 Å². The molecule has 3 nitrogen and oxygen atoms in total. The lowest BCUT2D eigenvalue weighted by atomic mass is 9.76. The van der Waals surface area contributed by atoms with E-state index in [1.807, 2.05) is 0 Å². The van der Waals surface area contributed by atoms with Crippen molar-refractivity contribution in [3.8, 4) is 0 Å². The quantitative estimate of drug-likeness (QED) is 0.520. The van der Waals surface area contributed by atoms with E-state index >= 15 is 0 Å². The average Bonchev–Trinajstić information content (AvgIpc) is 3.22. The van der Waals surface area contributed by atoms with E-state index in [0.717, 1.165) is 44.9 Å². The van der Waals surface area contributed by atoms with Crippen LogP contribution in [0, 0.1) is 11.8 Å². The number of esters is 2. The van der Waals surface area contributed by atoms with Crippen LogP contribution in [0.4, 0.5) is 0 Å². The van der Waals surface area contributed by atoms with Gasteiger partial charge in [0.05, 0.1) is 11.8 Å². The van der Waals surface area contributed by atoms with Crippen LogP contribution in [0.25, 0.3) is 5.57 Å². The first-order valence-electron chi connectivity index (χ1n) is 10.4. The lowest BCUT2D eigenvalue weighted by Gasteiger charge is -2.23. The number of carbonyl (C=O) groups excluding carboxylic acids is 2. The molecule has 2 aromatic rings. The number of ether oxygens (including phenoxy) is 1. The molecule has 0 aromatic heterocycles. The van der Waals surface area contributed by atoms with E-state index in [9.17, 15) is 9.59 Å². The normalized spacial score (nSPS) is 25.1. The summed E-state index contributed by atoms with van der Waals surface area (Å²) in [7, 11) is 0. The molecule has 2 aromatic carbocycles. The molecule has 9 rings (SSSR count). The number of fused-ring (bicyclic) bond motifs is 2. The maximum Gasteiger partial charge on any atom is 0.321 e. The number of hydrogen-bond acceptors (Lipinski definition) is 3. The number of carbonyl (C=O) groups is 2. The monoisotopic (exact) mass is 370 g/mol. The van der Waals surface area contributed by atoms with Crippen LogP contribution in [-0.4, -0.2) is 11.9 Å². The summed E-state index contributed by atoms with van der Waals surface area (Å²) < 4.78 is 5.01. The van der Waals surface area contributed by atoms with Gasteiger partial charge in [0.25, 0.3) is 0 Å². The van der Waals surface area contributed by atoms with Crippen molar-refractivity contribution in [3.63, 3.8) is 0 Å². The molecule has 28 heavy (non-hydrogen) atoms. The third-order valence-electron chi connectivity index (χ3n) is 7.18. The number of rotatable bonds is 0. The Kier molecular flexibility index (Phi) is 3.44. The fourth-order valence-electron chi connectivity index (χ4n) is 5.74. The Morgan fingerprint density at radius 1 is 0.750 bits per heavy atom. The van der Waals surface area contributed by atoms with E-state index in [2.05, 4.69) is 36.4 Å². The van der Waals surface area contributed by atoms with Crippen molar-refractivity contribution in [1.29, 1.82) is 0 Å². The summed E-state index contributed by atoms with van der Waals surface area (Å²) in [6.07, 6.45) is 6.52. The van der Waals surface area contributed by atoms with E-state index in [1.165, 1.54) is 44.5 Å². The molecule has 0 amide bonds. The van der Waals surface area contributed by atoms with Gasteiger partial charge in [0.1, 0.15) is 0 Å². The molecule has 4 bridgehead atoms. The number of aryl methyl sites for hydroxylation is 4. The minimum Gasteiger partial charge on any atom is -0.392 e. The predicted molar refractivity (Wildman–Crippen MR) is 106 cm³/mol. The number of benzene rings is 2. The molecular weight excluding hydrogens is 348 g/mol. The van der Waals surface area contributed by atoms with Crippen LogP contribution < -0.4 is 0 Å². The second-order valence-electron chi connectivity index (χ2n) is 8.60. The minimum absolute atomic E-state index is 0.259. The van der Waals surface area contributed by atoms with Gasteiger partial charge in [-0.2, -0.15) is 0 Å². The molecule has 7 aliphatic rings. The van der Waals surface area contributed by atoms with E-state index in [1.54, 1.807) is 0 Å². The molecule has 0 radical (unpaired) electrons. The highest BCUT2D eigenvalue weighted by Gasteiger charge is 2.50. The zero-order chi connectivity index (χ0) is 18.8. The first-order valence-corrected chi connectivity index (χ1v) is 10.4. The SMILES string of the molecule is O=C1OC(=O)C2C3=C(CCC12)c1c2ccc(c1C3)CCc1ccc(cc1)CC2. The highest BCUT2D eigenvalue weighted by molar-refractivity contribution is 6.01. The van der Waals surface area contributed by atoms with Gasteiger partial charge in [-0.3, -0.25) is 9.59 Å². The van der Waals surface area contributed by atoms with Gasteiger partial charge < -0.3 is 4.74 Å². The average molecular weight is 370 g/mol. The van der Waals surface area contributed by atoms with Gasteiger partial charge in [0, 0.05) is 0 Å². The fraction of sp³-hybridized carbons (Fsp3) is 0.360. The summed E-state index contributed by atoms with van der Waals surface area (Å²) >= 11 is 0. The topological polar surface area (TPSA) is 43.4 Å². The van der Waals surface area contributed by atoms with Crippen LogP contribution in [0.3, 0.4) is 0 Å². The van der Waals surface area contributed by atoms with Crippen LogP contribution in [0.15, 0.2) is 42.0 Å². The lowest BCUT2D eigenvalue weighted by molar-refractivity contribution is -0.153. The smallest absolute Gasteiger partial charge is 0.321 e. The summed E-state index contributed by atoms with van der Waals surface area (Å²) in [4.78, 5) is 24.5. The Balaban J connectivity index is 1.47. The van der Waals surface area contributed by atoms with E-state index in [-0.39, 0.29) is 23.8 Å². The molecule has 2 atom stereocenters. The van der Waals surface area contributed by atoms with Crippen molar-refractivity contribution in [2.75, 3.05) is 0 Å². The molecule has 6 aliphatic carbocycles. The van der Waals surface area contributed by atoms with Crippen molar-refractivity contribution < 1.29 is 14.3 Å². The zero-order valence-electron chi connectivity index (χ0n) is 15.8. The Hall–Kier alpha value is -2.68. The van der Waals surface area contributed by atoms with Crippen LogP contribution in [-0.2, 0) is 46.4 Å². The third kappa shape index (κ3) is 2.28. The summed E-state index contributed by atoms with van der Waals surface area (Å²) in [5.41, 5.74) is 10.9. The first-order chi connectivity index (χ1) is 13.7. The fourth-order valence-corrected chi connectivity index (χ4v) is 5.74. The number of cyclic esters (lactones) is 2. The maximum absolute atomic E-state index is 12.4. The molecule has 2 unspecified atom stereocenters. The Labute approximate surface area is 164 Å². The van der Waals surface area contributed by atoms with Gasteiger partial charge in [-0.1, -0.05) is 36.4 Å². The lowest BCUT2D eigenvalue weighted by Crippen LogP contribution is -2.24. The molecule has 3 heteroatoms. The maximum atomic E-state index is 12.4. The van der Waals surface area contributed by atoms with Crippen LogP contribution in [0.5, 0.6) is 0 Å². The van der Waals surface area contributed by atoms with Crippen molar-refractivity contribution in [2.45, 2.75) is 44.9 Å². The van der Waals surface area contributed by atoms with E-state index < -0.39 is 0 Å². The number of hydrogen-bond donors (Lipinski definition) is 0. The van der Waals surface area contributed by atoms with Gasteiger partial charge in [-0.05, 0) is 89.5 Å². The largest absolute Gasteiger partial charge is 0.392 e. The molecule has 140 valence electrons. The highest BCUT2D eigenvalue weighted by atomic mass is 16.6. The van der Waals surface area contributed by atoms with Gasteiger partial charge in [-0.15, -0.1) is 0 Å². The van der Waals surface area contributed by atoms with Crippen LogP contribution >= 0.6 is 0 Å². The standard InChI is InChI=1S/C25H22O3/c26-24-19-12-11-18-21(23(19)25(27)28-24)13-20-16-7-5-14-1-3-15(4-2-14)6-8-17(10-9-16)22(18)20/h1-4,9-10,19,23H,5-8,11-13H2. The Morgan fingerprint density at radius 2 is 1.43 bits per heavy atom. The zero-order valence-corrected chi connectivity index (χ0v) is 15.8. The molecule has 0 spiro atoms. The molecule has 1 saturated heterocycles. The molecule has 1 fully saturated rings. The van der Waals surface area contributed by atoms with Crippen molar-refractivity contribution >= 4 is 17.5 Å². The molecule has 1 aliphatic heterocycles. The van der Waals surface area contributed by atoms with Crippen LogP contribution in [0.2, 0.25) is 0 Å². The van der Waals surface area contributed by atoms with Crippen molar-refractivity contribution in [2.24, 2.45) is 11.8 Å². The van der Waals surface area contributed by atoms with Gasteiger partial charge >= 0.3 is 11.9 Å². The van der Waals surface area contributed by atoms with E-state index in [0.29, 0.717) is 0 Å². The minimum atomic E-state index is -0.344. The first kappa shape index (κ1) is 16.3. The molecule has 0 saturated carbocycles. The molecular formula is C25H22O3. The summed E-state index contributed by atoms with van der Waals surface area (Å²) in [5.74, 6) is -1.24. The molecule has 1 heterocycles. The number of allylic oxidation sites excluding steroid dienone is 1. The van der Waals surface area contributed by atoms with Gasteiger partial charge in [0.2, 0.25) is 0 Å². The Bertz CT molecular complexity index is 1060. The summed E-state index contributed by atoms with van der Waals surface area (Å²) in [5, 5.41) is 0. The third-order valence-corrected chi connectivity index (χ3v) is 7.18. The van der Waals surface area contributed by atoms with Crippen molar-refractivity contribution in [3.05, 3.63) is 75.4 Å². The predicted octanol–water partition coefficient (Wildman–Crippen LogP) is 3.99.